The smallest absolute Gasteiger partial charge is 0.248 e. The molecule has 0 aliphatic heterocycles. The third-order valence-electron chi connectivity index (χ3n) is 1.13. The summed E-state index contributed by atoms with van der Waals surface area (Å²) in [5.41, 5.74) is 5.25. The second-order valence-electron chi connectivity index (χ2n) is 1.91. The van der Waals surface area contributed by atoms with E-state index in [0.717, 1.165) is 0 Å². The van der Waals surface area contributed by atoms with E-state index < -0.39 is 5.91 Å². The number of phenolic OH excluding ortho intramolecular Hbond substituents is 1. The number of benzene rings is 1. The minimum Gasteiger partial charge on any atom is -0.508 e. The minimum absolute atomic E-state index is 0. The van der Waals surface area contributed by atoms with Gasteiger partial charge < -0.3 is 10.8 Å². The van der Waals surface area contributed by atoms with E-state index >= 15 is 0 Å². The van der Waals surface area contributed by atoms with Gasteiger partial charge in [0.1, 0.15) is 5.75 Å². The Morgan fingerprint density at radius 1 is 1.45 bits per heavy atom. The molecule has 0 aliphatic rings. The molecule has 0 saturated carbocycles. The van der Waals surface area contributed by atoms with Gasteiger partial charge in [0.05, 0.1) is 0 Å². The fourth-order valence-electron chi connectivity index (χ4n) is 0.659. The number of amides is 1. The van der Waals surface area contributed by atoms with Crippen LogP contribution in [0.4, 0.5) is 0 Å². The maximum absolute atomic E-state index is 10.5. The van der Waals surface area contributed by atoms with E-state index in [1.165, 1.54) is 12.1 Å². The summed E-state index contributed by atoms with van der Waals surface area (Å²) in [5, 5.41) is 8.85. The number of primary amides is 1. The van der Waals surface area contributed by atoms with E-state index in [1.807, 2.05) is 0 Å². The molecular formula is C7H8ClNO2. The van der Waals surface area contributed by atoms with Gasteiger partial charge in [-0.3, -0.25) is 4.79 Å². The molecule has 0 heterocycles. The highest BCUT2D eigenvalue weighted by molar-refractivity contribution is 5.93. The Labute approximate surface area is 70.2 Å². The van der Waals surface area contributed by atoms with Crippen LogP contribution in [0.1, 0.15) is 10.4 Å². The van der Waals surface area contributed by atoms with Crippen molar-refractivity contribution in [1.29, 1.82) is 0 Å². The summed E-state index contributed by atoms with van der Waals surface area (Å²) in [7, 11) is 0. The van der Waals surface area contributed by atoms with Crippen LogP contribution in [0.2, 0.25) is 0 Å². The Kier molecular flexibility index (Phi) is 3.40. The molecule has 4 heteroatoms. The van der Waals surface area contributed by atoms with Crippen LogP contribution in [-0.4, -0.2) is 11.0 Å². The summed E-state index contributed by atoms with van der Waals surface area (Å²) in [5.74, 6) is -0.479. The molecule has 1 rings (SSSR count). The lowest BCUT2D eigenvalue weighted by atomic mass is 10.2. The first-order valence-corrected chi connectivity index (χ1v) is 2.79. The fourth-order valence-corrected chi connectivity index (χ4v) is 0.659. The Morgan fingerprint density at radius 2 is 2.09 bits per heavy atom. The topological polar surface area (TPSA) is 63.3 Å². The lowest BCUT2D eigenvalue weighted by Gasteiger charge is -1.93. The number of carbonyl (C=O) groups is 1. The average molecular weight is 174 g/mol. The van der Waals surface area contributed by atoms with Crippen molar-refractivity contribution in [3.05, 3.63) is 29.8 Å². The molecule has 3 nitrogen and oxygen atoms in total. The highest BCUT2D eigenvalue weighted by atomic mass is 35.5. The molecule has 0 atom stereocenters. The normalized spacial score (nSPS) is 8.36. The maximum atomic E-state index is 10.5. The molecule has 1 aromatic rings. The van der Waals surface area contributed by atoms with E-state index in [1.54, 1.807) is 12.1 Å². The van der Waals surface area contributed by atoms with Gasteiger partial charge in [0.25, 0.3) is 0 Å². The van der Waals surface area contributed by atoms with Crippen LogP contribution in [-0.2, 0) is 0 Å². The Morgan fingerprint density at radius 3 is 2.45 bits per heavy atom. The maximum Gasteiger partial charge on any atom is 0.248 e. The summed E-state index contributed by atoms with van der Waals surface area (Å²) in [6.45, 7) is 0. The van der Waals surface area contributed by atoms with E-state index in [4.69, 9.17) is 10.8 Å². The first kappa shape index (κ1) is 9.78. The van der Waals surface area contributed by atoms with E-state index in [0.29, 0.717) is 5.56 Å². The van der Waals surface area contributed by atoms with Gasteiger partial charge >= 0.3 is 0 Å². The zero-order valence-corrected chi connectivity index (χ0v) is 6.47. The van der Waals surface area contributed by atoms with Gasteiger partial charge in [-0.05, 0) is 18.2 Å². The summed E-state index contributed by atoms with van der Waals surface area (Å²) >= 11 is 0. The monoisotopic (exact) mass is 173 g/mol. The second-order valence-corrected chi connectivity index (χ2v) is 1.91. The molecule has 0 fully saturated rings. The Bertz CT molecular complexity index is 262. The molecular weight excluding hydrogens is 166 g/mol. The summed E-state index contributed by atoms with van der Waals surface area (Å²) in [4.78, 5) is 10.5. The number of phenols is 1. The number of hydrogen-bond donors (Lipinski definition) is 2. The van der Waals surface area contributed by atoms with Crippen molar-refractivity contribution in [2.45, 2.75) is 0 Å². The largest absolute Gasteiger partial charge is 0.508 e. The Hall–Kier alpha value is -1.22. The number of halogens is 1. The van der Waals surface area contributed by atoms with Gasteiger partial charge in [-0.2, -0.15) is 0 Å². The van der Waals surface area contributed by atoms with Crippen LogP contribution in [0.3, 0.4) is 0 Å². The first-order chi connectivity index (χ1) is 4.70. The van der Waals surface area contributed by atoms with E-state index in [9.17, 15) is 4.79 Å². The van der Waals surface area contributed by atoms with Crippen LogP contribution >= 0.6 is 12.4 Å². The van der Waals surface area contributed by atoms with Crippen LogP contribution in [0.25, 0.3) is 0 Å². The van der Waals surface area contributed by atoms with Crippen molar-refractivity contribution in [2.75, 3.05) is 0 Å². The van der Waals surface area contributed by atoms with Gasteiger partial charge in [0.2, 0.25) is 5.91 Å². The van der Waals surface area contributed by atoms with Crippen LogP contribution < -0.4 is 5.73 Å². The highest BCUT2D eigenvalue weighted by Crippen LogP contribution is 2.09. The van der Waals surface area contributed by atoms with Gasteiger partial charge in [0.15, 0.2) is 0 Å². The molecule has 0 spiro atoms. The third kappa shape index (κ3) is 2.47. The molecule has 0 aliphatic carbocycles. The zero-order chi connectivity index (χ0) is 7.56. The van der Waals surface area contributed by atoms with Crippen molar-refractivity contribution in [3.63, 3.8) is 0 Å². The molecule has 0 saturated heterocycles. The average Bonchev–Trinajstić information content (AvgIpc) is 1.88. The molecule has 11 heavy (non-hydrogen) atoms. The number of rotatable bonds is 1. The van der Waals surface area contributed by atoms with E-state index in [-0.39, 0.29) is 18.2 Å². The molecule has 1 aromatic carbocycles. The van der Waals surface area contributed by atoms with Gasteiger partial charge in [-0.25, -0.2) is 0 Å². The zero-order valence-electron chi connectivity index (χ0n) is 5.65. The minimum atomic E-state index is -0.532. The SMILES string of the molecule is Cl.NC(=O)c1cccc(O)c1. The lowest BCUT2D eigenvalue weighted by molar-refractivity contribution is 0.1000. The molecule has 0 radical (unpaired) electrons. The second kappa shape index (κ2) is 3.83. The molecule has 0 aromatic heterocycles. The number of aromatic hydroxyl groups is 1. The van der Waals surface area contributed by atoms with Crippen molar-refractivity contribution < 1.29 is 9.90 Å². The number of nitrogens with two attached hydrogens (primary N) is 1. The first-order valence-electron chi connectivity index (χ1n) is 2.79. The highest BCUT2D eigenvalue weighted by Gasteiger charge is 1.98. The van der Waals surface area contributed by atoms with Gasteiger partial charge in [-0.1, -0.05) is 6.07 Å². The van der Waals surface area contributed by atoms with Gasteiger partial charge in [-0.15, -0.1) is 12.4 Å². The molecule has 60 valence electrons. The number of hydrogen-bond acceptors (Lipinski definition) is 2. The van der Waals surface area contributed by atoms with Crippen LogP contribution in [0.15, 0.2) is 24.3 Å². The molecule has 0 bridgehead atoms. The summed E-state index contributed by atoms with van der Waals surface area (Å²) < 4.78 is 0. The molecule has 1 amide bonds. The predicted molar refractivity (Wildman–Crippen MR) is 43.9 cm³/mol. The fraction of sp³-hybridized carbons (Fsp3) is 0. The van der Waals surface area contributed by atoms with Crippen molar-refractivity contribution in [3.8, 4) is 5.75 Å². The summed E-state index contributed by atoms with van der Waals surface area (Å²) in [6, 6.07) is 5.91. The van der Waals surface area contributed by atoms with Crippen molar-refractivity contribution >= 4 is 18.3 Å². The van der Waals surface area contributed by atoms with Crippen molar-refractivity contribution in [2.24, 2.45) is 5.73 Å². The summed E-state index contributed by atoms with van der Waals surface area (Å²) in [6.07, 6.45) is 0. The number of carbonyl (C=O) groups excluding carboxylic acids is 1. The lowest BCUT2D eigenvalue weighted by Crippen LogP contribution is -2.10. The standard InChI is InChI=1S/C7H7NO2.ClH/c8-7(10)5-2-1-3-6(9)4-5;/h1-4,9H,(H2,8,10);1H. The van der Waals surface area contributed by atoms with Gasteiger partial charge in [0, 0.05) is 5.56 Å². The third-order valence-corrected chi connectivity index (χ3v) is 1.13. The van der Waals surface area contributed by atoms with Crippen LogP contribution in [0, 0.1) is 0 Å². The molecule has 0 unspecified atom stereocenters. The van der Waals surface area contributed by atoms with E-state index in [2.05, 4.69) is 0 Å². The molecule has 3 N–H and O–H groups in total. The Balaban J connectivity index is 0.000001000. The van der Waals surface area contributed by atoms with Crippen molar-refractivity contribution in [1.82, 2.24) is 0 Å². The van der Waals surface area contributed by atoms with Crippen LogP contribution in [0.5, 0.6) is 5.75 Å². The quantitative estimate of drug-likeness (QED) is 0.663. The predicted octanol–water partition coefficient (Wildman–Crippen LogP) is 0.913.